The summed E-state index contributed by atoms with van der Waals surface area (Å²) >= 11 is 0. The first-order valence-corrected chi connectivity index (χ1v) is 5.31. The van der Waals surface area contributed by atoms with Gasteiger partial charge in [0.05, 0.1) is 5.56 Å². The summed E-state index contributed by atoms with van der Waals surface area (Å²) in [5.74, 6) is -0.823. The fourth-order valence-electron chi connectivity index (χ4n) is 1.17. The van der Waals surface area contributed by atoms with Crippen LogP contribution in [0.2, 0.25) is 0 Å². The smallest absolute Gasteiger partial charge is 0.340 e. The Kier molecular flexibility index (Phi) is 4.51. The van der Waals surface area contributed by atoms with Gasteiger partial charge in [-0.25, -0.2) is 4.79 Å². The quantitative estimate of drug-likeness (QED) is 0.622. The molecule has 1 aromatic rings. The maximum absolute atomic E-state index is 11.6. The van der Waals surface area contributed by atoms with E-state index in [2.05, 4.69) is 0 Å². The number of ether oxygens (including phenoxy) is 1. The molecule has 1 aromatic carbocycles. The fourth-order valence-corrected chi connectivity index (χ4v) is 1.17. The van der Waals surface area contributed by atoms with Crippen LogP contribution in [-0.4, -0.2) is 37.0 Å². The molecule has 0 fully saturated rings. The van der Waals surface area contributed by atoms with Gasteiger partial charge in [-0.05, 0) is 19.1 Å². The minimum absolute atomic E-state index is 0.240. The van der Waals surface area contributed by atoms with Gasteiger partial charge >= 0.3 is 5.97 Å². The summed E-state index contributed by atoms with van der Waals surface area (Å²) in [4.78, 5) is 24.5. The molecule has 0 aliphatic carbocycles. The normalized spacial score (nSPS) is 9.76. The van der Waals surface area contributed by atoms with Crippen LogP contribution in [-0.2, 0) is 9.53 Å². The second-order valence-electron chi connectivity index (χ2n) is 3.57. The Morgan fingerprint density at radius 1 is 1.35 bits per heavy atom. The van der Waals surface area contributed by atoms with Crippen molar-refractivity contribution < 1.29 is 14.3 Å². The molecule has 17 heavy (non-hydrogen) atoms. The summed E-state index contributed by atoms with van der Waals surface area (Å²) in [6.45, 7) is 2.15. The number of hydrogen-bond acceptors (Lipinski definition) is 4. The van der Waals surface area contributed by atoms with E-state index in [1.807, 2.05) is 6.92 Å². The SMILES string of the molecule is CCN(C)C(=O)COC(=O)c1ccccc1N. The highest BCUT2D eigenvalue weighted by Crippen LogP contribution is 2.11. The number of rotatable bonds is 4. The van der Waals surface area contributed by atoms with E-state index in [1.165, 1.54) is 4.90 Å². The Labute approximate surface area is 100 Å². The molecule has 0 aromatic heterocycles. The molecule has 5 nitrogen and oxygen atoms in total. The molecule has 0 bridgehead atoms. The van der Waals surface area contributed by atoms with Crippen LogP contribution in [0.15, 0.2) is 24.3 Å². The van der Waals surface area contributed by atoms with Crippen LogP contribution in [0.3, 0.4) is 0 Å². The Bertz CT molecular complexity index is 418. The molecule has 0 saturated heterocycles. The summed E-state index contributed by atoms with van der Waals surface area (Å²) in [5.41, 5.74) is 6.24. The highest BCUT2D eigenvalue weighted by molar-refractivity contribution is 5.96. The fraction of sp³-hybridized carbons (Fsp3) is 0.333. The maximum Gasteiger partial charge on any atom is 0.340 e. The third kappa shape index (κ3) is 3.48. The molecule has 92 valence electrons. The van der Waals surface area contributed by atoms with Crippen LogP contribution in [0.1, 0.15) is 17.3 Å². The zero-order valence-corrected chi connectivity index (χ0v) is 9.97. The molecule has 0 aliphatic rings. The van der Waals surface area contributed by atoms with E-state index in [0.717, 1.165) is 0 Å². The van der Waals surface area contributed by atoms with Crippen molar-refractivity contribution >= 4 is 17.6 Å². The Morgan fingerprint density at radius 2 is 2.00 bits per heavy atom. The largest absolute Gasteiger partial charge is 0.452 e. The topological polar surface area (TPSA) is 72.6 Å². The van der Waals surface area contributed by atoms with Gasteiger partial charge in [0, 0.05) is 19.3 Å². The van der Waals surface area contributed by atoms with Gasteiger partial charge in [0.2, 0.25) is 0 Å². The molecule has 1 rings (SSSR count). The molecule has 0 unspecified atom stereocenters. The van der Waals surface area contributed by atoms with E-state index < -0.39 is 5.97 Å². The van der Waals surface area contributed by atoms with Crippen molar-refractivity contribution in [2.45, 2.75) is 6.92 Å². The number of para-hydroxylation sites is 1. The van der Waals surface area contributed by atoms with Crippen molar-refractivity contribution in [3.63, 3.8) is 0 Å². The first-order valence-electron chi connectivity index (χ1n) is 5.31. The van der Waals surface area contributed by atoms with Crippen molar-refractivity contribution in [3.8, 4) is 0 Å². The maximum atomic E-state index is 11.6. The number of hydrogen-bond donors (Lipinski definition) is 1. The lowest BCUT2D eigenvalue weighted by Gasteiger charge is -2.14. The zero-order chi connectivity index (χ0) is 12.8. The van der Waals surface area contributed by atoms with E-state index in [9.17, 15) is 9.59 Å². The van der Waals surface area contributed by atoms with Crippen molar-refractivity contribution in [1.29, 1.82) is 0 Å². The number of nitrogens with two attached hydrogens (primary N) is 1. The number of nitrogens with zero attached hydrogens (tertiary/aromatic N) is 1. The Balaban J connectivity index is 2.57. The number of amides is 1. The molecule has 0 radical (unpaired) electrons. The van der Waals surface area contributed by atoms with Crippen LogP contribution in [0.4, 0.5) is 5.69 Å². The monoisotopic (exact) mass is 236 g/mol. The number of likely N-dealkylation sites (N-methyl/N-ethyl adjacent to an activating group) is 1. The number of nitrogen functional groups attached to an aromatic ring is 1. The first-order chi connectivity index (χ1) is 8.06. The van der Waals surface area contributed by atoms with Gasteiger partial charge in [0.25, 0.3) is 5.91 Å². The lowest BCUT2D eigenvalue weighted by Crippen LogP contribution is -2.31. The first kappa shape index (κ1) is 13.0. The van der Waals surface area contributed by atoms with E-state index in [1.54, 1.807) is 31.3 Å². The number of benzene rings is 1. The van der Waals surface area contributed by atoms with Crippen LogP contribution < -0.4 is 5.73 Å². The molecule has 2 N–H and O–H groups in total. The summed E-state index contributed by atoms with van der Waals surface area (Å²) in [7, 11) is 1.65. The molecule has 1 amide bonds. The molecule has 0 atom stereocenters. The van der Waals surface area contributed by atoms with Crippen LogP contribution in [0.5, 0.6) is 0 Å². The summed E-state index contributed by atoms with van der Waals surface area (Å²) in [6, 6.07) is 6.58. The number of anilines is 1. The van der Waals surface area contributed by atoms with Gasteiger partial charge in [-0.1, -0.05) is 12.1 Å². The van der Waals surface area contributed by atoms with Crippen molar-refractivity contribution in [2.24, 2.45) is 0 Å². The lowest BCUT2D eigenvalue weighted by atomic mass is 10.2. The Morgan fingerprint density at radius 3 is 2.59 bits per heavy atom. The lowest BCUT2D eigenvalue weighted by molar-refractivity contribution is -0.133. The van der Waals surface area contributed by atoms with Crippen molar-refractivity contribution in [2.75, 3.05) is 25.9 Å². The standard InChI is InChI=1S/C12H16N2O3/c1-3-14(2)11(15)8-17-12(16)9-6-4-5-7-10(9)13/h4-7H,3,8,13H2,1-2H3. The van der Waals surface area contributed by atoms with Gasteiger partial charge in [-0.2, -0.15) is 0 Å². The average molecular weight is 236 g/mol. The molecule has 0 heterocycles. The van der Waals surface area contributed by atoms with Crippen LogP contribution >= 0.6 is 0 Å². The van der Waals surface area contributed by atoms with Crippen molar-refractivity contribution in [3.05, 3.63) is 29.8 Å². The summed E-state index contributed by atoms with van der Waals surface area (Å²) in [6.07, 6.45) is 0. The van der Waals surface area contributed by atoms with Gasteiger partial charge < -0.3 is 15.4 Å². The van der Waals surface area contributed by atoms with Crippen LogP contribution in [0.25, 0.3) is 0 Å². The minimum Gasteiger partial charge on any atom is -0.452 e. The Hall–Kier alpha value is -2.04. The highest BCUT2D eigenvalue weighted by atomic mass is 16.5. The second kappa shape index (κ2) is 5.89. The van der Waals surface area contributed by atoms with Gasteiger partial charge in [0.15, 0.2) is 6.61 Å². The van der Waals surface area contributed by atoms with Crippen LogP contribution in [0, 0.1) is 0 Å². The third-order valence-electron chi connectivity index (χ3n) is 2.41. The van der Waals surface area contributed by atoms with E-state index in [4.69, 9.17) is 10.5 Å². The molecular formula is C12H16N2O3. The molecule has 0 aliphatic heterocycles. The van der Waals surface area contributed by atoms with Gasteiger partial charge in [-0.3, -0.25) is 4.79 Å². The predicted octanol–water partition coefficient (Wildman–Crippen LogP) is 0.904. The number of carbonyl (C=O) groups is 2. The predicted molar refractivity (Wildman–Crippen MR) is 64.4 cm³/mol. The van der Waals surface area contributed by atoms with Crippen molar-refractivity contribution in [1.82, 2.24) is 4.90 Å². The highest BCUT2D eigenvalue weighted by Gasteiger charge is 2.13. The summed E-state index contributed by atoms with van der Waals surface area (Å²) in [5, 5.41) is 0. The number of esters is 1. The third-order valence-corrected chi connectivity index (χ3v) is 2.41. The van der Waals surface area contributed by atoms with E-state index in [-0.39, 0.29) is 18.1 Å². The molecule has 5 heteroatoms. The average Bonchev–Trinajstić information content (AvgIpc) is 2.35. The van der Waals surface area contributed by atoms with Gasteiger partial charge in [-0.15, -0.1) is 0 Å². The van der Waals surface area contributed by atoms with E-state index >= 15 is 0 Å². The number of carbonyl (C=O) groups excluding carboxylic acids is 2. The van der Waals surface area contributed by atoms with E-state index in [0.29, 0.717) is 12.2 Å². The molecule has 0 saturated carbocycles. The summed E-state index contributed by atoms with van der Waals surface area (Å²) < 4.78 is 4.88. The minimum atomic E-state index is -0.582. The second-order valence-corrected chi connectivity index (χ2v) is 3.57. The molecular weight excluding hydrogens is 220 g/mol. The zero-order valence-electron chi connectivity index (χ0n) is 9.97. The van der Waals surface area contributed by atoms with Gasteiger partial charge in [0.1, 0.15) is 0 Å². The molecule has 0 spiro atoms.